The molecule has 0 aliphatic carbocycles. The van der Waals surface area contributed by atoms with Crippen LogP contribution in [0.5, 0.6) is 0 Å². The Labute approximate surface area is 119 Å². The summed E-state index contributed by atoms with van der Waals surface area (Å²) >= 11 is 0. The first-order valence-electron chi connectivity index (χ1n) is 6.53. The molecule has 0 aliphatic rings. The topological polar surface area (TPSA) is 92.5 Å². The predicted octanol–water partition coefficient (Wildman–Crippen LogP) is 1.36. The highest BCUT2D eigenvalue weighted by Crippen LogP contribution is 2.09. The molecule has 0 bridgehead atoms. The molecule has 0 radical (unpaired) electrons. The maximum absolute atomic E-state index is 9.20. The van der Waals surface area contributed by atoms with E-state index in [9.17, 15) is 5.11 Å². The molecule has 108 valence electrons. The molecule has 2 atom stereocenters. The molecular formula is C16H22N2O2. The van der Waals surface area contributed by atoms with Crippen LogP contribution in [0.1, 0.15) is 23.3 Å². The molecule has 4 nitrogen and oxygen atoms in total. The van der Waals surface area contributed by atoms with Crippen molar-refractivity contribution in [2.45, 2.75) is 12.1 Å². The van der Waals surface area contributed by atoms with Crippen LogP contribution in [-0.2, 0) is 0 Å². The van der Waals surface area contributed by atoms with E-state index in [0.29, 0.717) is 0 Å². The molecule has 2 rings (SSSR count). The summed E-state index contributed by atoms with van der Waals surface area (Å²) in [7, 11) is 0. The lowest BCUT2D eigenvalue weighted by Gasteiger charge is -2.06. The summed E-state index contributed by atoms with van der Waals surface area (Å²) in [5, 5.41) is 17.9. The molecule has 2 aromatic rings. The van der Waals surface area contributed by atoms with Crippen molar-refractivity contribution in [3.05, 3.63) is 71.8 Å². The number of hydrogen-bond acceptors (Lipinski definition) is 4. The predicted molar refractivity (Wildman–Crippen MR) is 80.9 cm³/mol. The monoisotopic (exact) mass is 274 g/mol. The third-order valence-corrected chi connectivity index (χ3v) is 2.83. The molecular weight excluding hydrogens is 252 g/mol. The minimum absolute atomic E-state index is 0.00398. The Kier molecular flexibility index (Phi) is 7.54. The molecule has 0 fully saturated rings. The summed E-state index contributed by atoms with van der Waals surface area (Å²) in [6, 6.07) is 18.7. The highest BCUT2D eigenvalue weighted by Gasteiger charge is 2.01. The SMILES string of the molecule is NC(CO)c1ccccc1.NCC(O)c1ccccc1. The molecule has 2 unspecified atom stereocenters. The van der Waals surface area contributed by atoms with Gasteiger partial charge in [-0.15, -0.1) is 0 Å². The van der Waals surface area contributed by atoms with Gasteiger partial charge >= 0.3 is 0 Å². The zero-order chi connectivity index (χ0) is 14.8. The van der Waals surface area contributed by atoms with E-state index in [2.05, 4.69) is 0 Å². The van der Waals surface area contributed by atoms with E-state index in [1.54, 1.807) is 0 Å². The minimum Gasteiger partial charge on any atom is -0.394 e. The number of hydrogen-bond donors (Lipinski definition) is 4. The third kappa shape index (κ3) is 5.50. The summed E-state index contributed by atoms with van der Waals surface area (Å²) < 4.78 is 0. The van der Waals surface area contributed by atoms with Crippen LogP contribution < -0.4 is 11.5 Å². The van der Waals surface area contributed by atoms with Crippen LogP contribution in [0.2, 0.25) is 0 Å². The van der Waals surface area contributed by atoms with E-state index < -0.39 is 6.10 Å². The Balaban J connectivity index is 0.000000200. The van der Waals surface area contributed by atoms with Crippen molar-refractivity contribution in [3.8, 4) is 0 Å². The summed E-state index contributed by atoms with van der Waals surface area (Å²) in [5.41, 5.74) is 12.7. The van der Waals surface area contributed by atoms with E-state index in [1.165, 1.54) is 0 Å². The van der Waals surface area contributed by atoms with Crippen molar-refractivity contribution in [3.63, 3.8) is 0 Å². The highest BCUT2D eigenvalue weighted by molar-refractivity contribution is 5.18. The first kappa shape index (κ1) is 16.3. The molecule has 0 spiro atoms. The van der Waals surface area contributed by atoms with Gasteiger partial charge in [0.2, 0.25) is 0 Å². The molecule has 0 heterocycles. The van der Waals surface area contributed by atoms with Gasteiger partial charge in [-0.2, -0.15) is 0 Å². The van der Waals surface area contributed by atoms with Gasteiger partial charge in [-0.3, -0.25) is 0 Å². The van der Waals surface area contributed by atoms with E-state index in [0.717, 1.165) is 11.1 Å². The van der Waals surface area contributed by atoms with Crippen molar-refractivity contribution in [1.29, 1.82) is 0 Å². The molecule has 0 amide bonds. The summed E-state index contributed by atoms with van der Waals surface area (Å²) in [6.07, 6.45) is -0.513. The van der Waals surface area contributed by atoms with E-state index in [-0.39, 0.29) is 19.2 Å². The van der Waals surface area contributed by atoms with Gasteiger partial charge in [-0.1, -0.05) is 60.7 Å². The minimum atomic E-state index is -0.513. The lowest BCUT2D eigenvalue weighted by molar-refractivity contribution is 0.187. The zero-order valence-electron chi connectivity index (χ0n) is 11.4. The lowest BCUT2D eigenvalue weighted by atomic mass is 10.1. The Morgan fingerprint density at radius 1 is 0.850 bits per heavy atom. The van der Waals surface area contributed by atoms with Crippen molar-refractivity contribution in [2.24, 2.45) is 11.5 Å². The first-order valence-corrected chi connectivity index (χ1v) is 6.53. The van der Waals surface area contributed by atoms with E-state index >= 15 is 0 Å². The van der Waals surface area contributed by atoms with Gasteiger partial charge in [0, 0.05) is 6.54 Å². The molecule has 4 heteroatoms. The van der Waals surface area contributed by atoms with Crippen molar-refractivity contribution in [2.75, 3.05) is 13.2 Å². The number of benzene rings is 2. The highest BCUT2D eigenvalue weighted by atomic mass is 16.3. The molecule has 0 aliphatic heterocycles. The fourth-order valence-electron chi connectivity index (χ4n) is 1.62. The molecule has 0 aromatic heterocycles. The second-order valence-electron chi connectivity index (χ2n) is 4.36. The average molecular weight is 274 g/mol. The van der Waals surface area contributed by atoms with Crippen molar-refractivity contribution in [1.82, 2.24) is 0 Å². The Morgan fingerprint density at radius 3 is 1.70 bits per heavy atom. The molecule has 20 heavy (non-hydrogen) atoms. The molecule has 0 saturated carbocycles. The Hall–Kier alpha value is -1.72. The van der Waals surface area contributed by atoms with Crippen molar-refractivity contribution >= 4 is 0 Å². The smallest absolute Gasteiger partial charge is 0.0912 e. The zero-order valence-corrected chi connectivity index (χ0v) is 11.4. The van der Waals surface area contributed by atoms with Gasteiger partial charge in [-0.05, 0) is 11.1 Å². The number of rotatable bonds is 4. The van der Waals surface area contributed by atoms with Crippen molar-refractivity contribution < 1.29 is 10.2 Å². The maximum Gasteiger partial charge on any atom is 0.0912 e. The fourth-order valence-corrected chi connectivity index (χ4v) is 1.62. The van der Waals surface area contributed by atoms with Gasteiger partial charge in [0.05, 0.1) is 18.8 Å². The second kappa shape index (κ2) is 9.23. The fraction of sp³-hybridized carbons (Fsp3) is 0.250. The molecule has 6 N–H and O–H groups in total. The second-order valence-corrected chi connectivity index (χ2v) is 4.36. The van der Waals surface area contributed by atoms with E-state index in [4.69, 9.17) is 16.6 Å². The van der Waals surface area contributed by atoms with Crippen LogP contribution in [0.3, 0.4) is 0 Å². The van der Waals surface area contributed by atoms with Gasteiger partial charge in [-0.25, -0.2) is 0 Å². The third-order valence-electron chi connectivity index (χ3n) is 2.83. The Bertz CT molecular complexity index is 417. The van der Waals surface area contributed by atoms with Crippen LogP contribution in [0.15, 0.2) is 60.7 Å². The quantitative estimate of drug-likeness (QED) is 0.677. The number of nitrogens with two attached hydrogens (primary N) is 2. The van der Waals surface area contributed by atoms with Crippen LogP contribution in [0.4, 0.5) is 0 Å². The number of aliphatic hydroxyl groups excluding tert-OH is 2. The lowest BCUT2D eigenvalue weighted by Crippen LogP contribution is -2.13. The normalized spacial score (nSPS) is 13.0. The Morgan fingerprint density at radius 2 is 1.30 bits per heavy atom. The molecule has 2 aromatic carbocycles. The summed E-state index contributed by atoms with van der Waals surface area (Å²) in [5.74, 6) is 0. The average Bonchev–Trinajstić information content (AvgIpc) is 2.55. The van der Waals surface area contributed by atoms with Crippen LogP contribution in [0, 0.1) is 0 Å². The number of aliphatic hydroxyl groups is 2. The summed E-state index contributed by atoms with van der Waals surface area (Å²) in [6.45, 7) is 0.286. The van der Waals surface area contributed by atoms with E-state index in [1.807, 2.05) is 60.7 Å². The largest absolute Gasteiger partial charge is 0.394 e. The van der Waals surface area contributed by atoms with Gasteiger partial charge in [0.15, 0.2) is 0 Å². The van der Waals surface area contributed by atoms with Gasteiger partial charge in [0.1, 0.15) is 0 Å². The van der Waals surface area contributed by atoms with Crippen LogP contribution in [-0.4, -0.2) is 23.4 Å². The van der Waals surface area contributed by atoms with Crippen LogP contribution in [0.25, 0.3) is 0 Å². The molecule has 0 saturated heterocycles. The first-order chi connectivity index (χ1) is 9.69. The summed E-state index contributed by atoms with van der Waals surface area (Å²) in [4.78, 5) is 0. The maximum atomic E-state index is 9.20. The van der Waals surface area contributed by atoms with Gasteiger partial charge in [0.25, 0.3) is 0 Å². The van der Waals surface area contributed by atoms with Crippen LogP contribution >= 0.6 is 0 Å². The van der Waals surface area contributed by atoms with Gasteiger partial charge < -0.3 is 21.7 Å². The standard InChI is InChI=1S/2C8H11NO/c9-8(6-10)7-4-2-1-3-5-7;9-6-8(10)7-4-2-1-3-5-7/h2*1-5,8,10H,6,9H2.